The first-order valence-corrected chi connectivity index (χ1v) is 4.54. The normalized spacial score (nSPS) is 22.4. The molecule has 0 bridgehead atoms. The number of rotatable bonds is 3. The molecule has 1 saturated heterocycles. The number of nitrogens with one attached hydrogen (secondary N) is 2. The predicted octanol–water partition coefficient (Wildman–Crippen LogP) is 0.807. The van der Waals surface area contributed by atoms with Crippen LogP contribution in [0.5, 0.6) is 0 Å². The highest BCUT2D eigenvalue weighted by Crippen LogP contribution is 2.21. The van der Waals surface area contributed by atoms with E-state index in [1.165, 1.54) is 0 Å². The van der Waals surface area contributed by atoms with Gasteiger partial charge in [0.15, 0.2) is 0 Å². The van der Waals surface area contributed by atoms with Crippen molar-refractivity contribution in [2.24, 2.45) is 0 Å². The molecule has 3 nitrogen and oxygen atoms in total. The van der Waals surface area contributed by atoms with Crippen LogP contribution in [0.25, 0.3) is 0 Å². The zero-order valence-electron chi connectivity index (χ0n) is 7.66. The number of hydrogen-bond acceptors (Lipinski definition) is 2. The van der Waals surface area contributed by atoms with Gasteiger partial charge in [0.05, 0.1) is 6.42 Å². The number of carbonyl (C=O) groups excluding carboxylic acids is 1. The first-order valence-electron chi connectivity index (χ1n) is 4.54. The Balaban J connectivity index is 2.15. The Kier molecular flexibility index (Phi) is 3.74. The van der Waals surface area contributed by atoms with Gasteiger partial charge in [-0.3, -0.25) is 4.79 Å². The van der Waals surface area contributed by atoms with Gasteiger partial charge in [-0.05, 0) is 13.0 Å². The third kappa shape index (κ3) is 4.45. The summed E-state index contributed by atoms with van der Waals surface area (Å²) in [5, 5.41) is 5.56. The highest BCUT2D eigenvalue weighted by atomic mass is 19.4. The van der Waals surface area contributed by atoms with Crippen molar-refractivity contribution < 1.29 is 18.0 Å². The van der Waals surface area contributed by atoms with E-state index in [-0.39, 0.29) is 6.04 Å². The molecule has 0 spiro atoms. The summed E-state index contributed by atoms with van der Waals surface area (Å²) in [6.07, 6.45) is -4.97. The van der Waals surface area contributed by atoms with Gasteiger partial charge in [0.25, 0.3) is 0 Å². The summed E-state index contributed by atoms with van der Waals surface area (Å²) in [6.45, 7) is 1.46. The minimum Gasteiger partial charge on any atom is -0.352 e. The molecule has 1 rings (SSSR count). The van der Waals surface area contributed by atoms with E-state index in [1.54, 1.807) is 0 Å². The lowest BCUT2D eigenvalue weighted by molar-refractivity contribution is -0.144. The van der Waals surface area contributed by atoms with Gasteiger partial charge < -0.3 is 10.6 Å². The molecule has 0 saturated carbocycles. The predicted molar refractivity (Wildman–Crippen MR) is 44.7 cm³/mol. The van der Waals surface area contributed by atoms with Crippen molar-refractivity contribution in [2.75, 3.05) is 13.1 Å². The van der Waals surface area contributed by atoms with Crippen LogP contribution in [0.3, 0.4) is 0 Å². The molecule has 0 radical (unpaired) electrons. The van der Waals surface area contributed by atoms with Crippen LogP contribution in [-0.2, 0) is 4.79 Å². The van der Waals surface area contributed by atoms with Gasteiger partial charge in [-0.1, -0.05) is 0 Å². The lowest BCUT2D eigenvalue weighted by atomic mass is 10.2. The molecule has 0 aliphatic carbocycles. The Morgan fingerprint density at radius 2 is 2.21 bits per heavy atom. The van der Waals surface area contributed by atoms with Crippen LogP contribution >= 0.6 is 0 Å². The minimum absolute atomic E-state index is 0.00395. The van der Waals surface area contributed by atoms with Crippen molar-refractivity contribution in [3.8, 4) is 0 Å². The van der Waals surface area contributed by atoms with E-state index >= 15 is 0 Å². The summed E-state index contributed by atoms with van der Waals surface area (Å²) in [5.41, 5.74) is 0. The zero-order valence-corrected chi connectivity index (χ0v) is 7.66. The van der Waals surface area contributed by atoms with Crippen molar-refractivity contribution in [3.63, 3.8) is 0 Å². The van der Waals surface area contributed by atoms with E-state index in [4.69, 9.17) is 0 Å². The molecule has 1 heterocycles. The van der Waals surface area contributed by atoms with Gasteiger partial charge in [0.2, 0.25) is 5.91 Å². The third-order valence-corrected chi connectivity index (χ3v) is 2.06. The molecule has 1 aliphatic heterocycles. The SMILES string of the molecule is O=C(CCC(F)(F)F)N[C@H]1CCNC1. The standard InChI is InChI=1S/C8H13F3N2O/c9-8(10,11)3-1-7(14)13-6-2-4-12-5-6/h6,12H,1-5H2,(H,13,14)/t6-/m0/s1. The lowest BCUT2D eigenvalue weighted by Gasteiger charge is -2.11. The number of carbonyl (C=O) groups is 1. The number of hydrogen-bond donors (Lipinski definition) is 2. The van der Waals surface area contributed by atoms with Crippen molar-refractivity contribution in [3.05, 3.63) is 0 Å². The molecule has 0 aromatic carbocycles. The highest BCUT2D eigenvalue weighted by molar-refractivity contribution is 5.76. The maximum absolute atomic E-state index is 11.7. The number of alkyl halides is 3. The lowest BCUT2D eigenvalue weighted by Crippen LogP contribution is -2.36. The van der Waals surface area contributed by atoms with Crippen molar-refractivity contribution in [1.82, 2.24) is 10.6 Å². The van der Waals surface area contributed by atoms with E-state index in [1.807, 2.05) is 0 Å². The first-order chi connectivity index (χ1) is 6.47. The molecule has 1 amide bonds. The van der Waals surface area contributed by atoms with E-state index in [9.17, 15) is 18.0 Å². The highest BCUT2D eigenvalue weighted by Gasteiger charge is 2.28. The fourth-order valence-electron chi connectivity index (χ4n) is 1.33. The van der Waals surface area contributed by atoms with Crippen LogP contribution < -0.4 is 10.6 Å². The summed E-state index contributed by atoms with van der Waals surface area (Å²) < 4.78 is 35.2. The molecule has 1 aliphatic rings. The van der Waals surface area contributed by atoms with Gasteiger partial charge in [-0.25, -0.2) is 0 Å². The molecule has 2 N–H and O–H groups in total. The third-order valence-electron chi connectivity index (χ3n) is 2.06. The maximum atomic E-state index is 11.7. The molecule has 1 atom stereocenters. The van der Waals surface area contributed by atoms with Gasteiger partial charge in [-0.15, -0.1) is 0 Å². The summed E-state index contributed by atoms with van der Waals surface area (Å²) >= 11 is 0. The van der Waals surface area contributed by atoms with Crippen LogP contribution in [0.2, 0.25) is 0 Å². The fourth-order valence-corrected chi connectivity index (χ4v) is 1.33. The molecule has 0 aromatic rings. The molecule has 0 aromatic heterocycles. The minimum atomic E-state index is -4.24. The van der Waals surface area contributed by atoms with Gasteiger partial charge in [0.1, 0.15) is 0 Å². The number of halogens is 3. The monoisotopic (exact) mass is 210 g/mol. The summed E-state index contributed by atoms with van der Waals surface area (Å²) in [4.78, 5) is 11.0. The molecule has 6 heteroatoms. The largest absolute Gasteiger partial charge is 0.389 e. The van der Waals surface area contributed by atoms with Crippen LogP contribution in [0.1, 0.15) is 19.3 Å². The molecule has 82 valence electrons. The molecule has 1 fully saturated rings. The second-order valence-electron chi connectivity index (χ2n) is 3.37. The van der Waals surface area contributed by atoms with Gasteiger partial charge in [0, 0.05) is 19.0 Å². The second-order valence-corrected chi connectivity index (χ2v) is 3.37. The van der Waals surface area contributed by atoms with Crippen molar-refractivity contribution >= 4 is 5.91 Å². The van der Waals surface area contributed by atoms with Gasteiger partial charge in [-0.2, -0.15) is 13.2 Å². The van der Waals surface area contributed by atoms with E-state index in [2.05, 4.69) is 10.6 Å². The van der Waals surface area contributed by atoms with Crippen LogP contribution in [0.15, 0.2) is 0 Å². The van der Waals surface area contributed by atoms with E-state index in [0.717, 1.165) is 13.0 Å². The van der Waals surface area contributed by atoms with Crippen LogP contribution in [0, 0.1) is 0 Å². The van der Waals surface area contributed by atoms with E-state index < -0.39 is 24.9 Å². The van der Waals surface area contributed by atoms with Gasteiger partial charge >= 0.3 is 6.18 Å². The first kappa shape index (κ1) is 11.3. The van der Waals surface area contributed by atoms with Crippen molar-refractivity contribution in [2.45, 2.75) is 31.5 Å². The summed E-state index contributed by atoms with van der Waals surface area (Å²) in [7, 11) is 0. The molecule has 14 heavy (non-hydrogen) atoms. The fraction of sp³-hybridized carbons (Fsp3) is 0.875. The van der Waals surface area contributed by atoms with Crippen molar-refractivity contribution in [1.29, 1.82) is 0 Å². The Morgan fingerprint density at radius 3 is 2.71 bits per heavy atom. The second kappa shape index (κ2) is 4.63. The summed E-state index contributed by atoms with van der Waals surface area (Å²) in [6, 6.07) is -0.00395. The smallest absolute Gasteiger partial charge is 0.352 e. The number of amides is 1. The average molecular weight is 210 g/mol. The Morgan fingerprint density at radius 1 is 1.50 bits per heavy atom. The Labute approximate surface area is 80.0 Å². The maximum Gasteiger partial charge on any atom is 0.389 e. The topological polar surface area (TPSA) is 41.1 Å². The average Bonchev–Trinajstić information content (AvgIpc) is 2.52. The quantitative estimate of drug-likeness (QED) is 0.723. The molecular formula is C8H13F3N2O. The summed E-state index contributed by atoms with van der Waals surface area (Å²) in [5.74, 6) is -0.518. The van der Waals surface area contributed by atoms with Crippen LogP contribution in [-0.4, -0.2) is 31.2 Å². The Hall–Kier alpha value is -0.780. The van der Waals surface area contributed by atoms with Crippen LogP contribution in [0.4, 0.5) is 13.2 Å². The molecule has 0 unspecified atom stereocenters. The Bertz CT molecular complexity index is 199. The molecular weight excluding hydrogens is 197 g/mol. The zero-order chi connectivity index (χ0) is 10.6. The van der Waals surface area contributed by atoms with E-state index in [0.29, 0.717) is 6.54 Å².